The van der Waals surface area contributed by atoms with Gasteiger partial charge in [0.2, 0.25) is 0 Å². The van der Waals surface area contributed by atoms with Gasteiger partial charge in [0.15, 0.2) is 0 Å². The van der Waals surface area contributed by atoms with E-state index in [2.05, 4.69) is 21.2 Å². The highest BCUT2D eigenvalue weighted by atomic mass is 79.9. The number of carbonyl (C=O) groups is 1. The molecule has 0 fully saturated rings. The number of rotatable bonds is 3. The van der Waals surface area contributed by atoms with Crippen LogP contribution in [0.2, 0.25) is 0 Å². The van der Waals surface area contributed by atoms with Gasteiger partial charge in [-0.15, -0.1) is 0 Å². The molecule has 2 rings (SSSR count). The van der Waals surface area contributed by atoms with Crippen molar-refractivity contribution in [2.45, 2.75) is 0 Å². The van der Waals surface area contributed by atoms with Crippen LogP contribution < -0.4 is 15.0 Å². The summed E-state index contributed by atoms with van der Waals surface area (Å²) in [6, 6.07) is 14.6. The maximum Gasteiger partial charge on any atom is 0.326 e. The van der Waals surface area contributed by atoms with Crippen molar-refractivity contribution in [3.63, 3.8) is 0 Å². The molecular weight excluding hydrogens is 320 g/mol. The molecule has 4 nitrogen and oxygen atoms in total. The molecule has 0 radical (unpaired) electrons. The van der Waals surface area contributed by atoms with Crippen LogP contribution in [0.15, 0.2) is 53.0 Å². The smallest absolute Gasteiger partial charge is 0.326 e. The molecule has 0 spiro atoms. The third kappa shape index (κ3) is 3.30. The number of amides is 2. The average Bonchev–Trinajstić information content (AvgIpc) is 2.47. The number of benzene rings is 2. The second-order valence-electron chi connectivity index (χ2n) is 4.17. The molecule has 2 aromatic carbocycles. The molecule has 1 N–H and O–H groups in total. The van der Waals surface area contributed by atoms with E-state index >= 15 is 0 Å². The van der Waals surface area contributed by atoms with E-state index in [1.165, 1.54) is 4.90 Å². The second kappa shape index (κ2) is 6.43. The summed E-state index contributed by atoms with van der Waals surface area (Å²) >= 11 is 3.39. The van der Waals surface area contributed by atoms with E-state index in [4.69, 9.17) is 4.74 Å². The molecule has 2 amide bonds. The molecule has 0 aliphatic rings. The molecule has 0 aromatic heterocycles. The summed E-state index contributed by atoms with van der Waals surface area (Å²) in [5, 5.41) is 2.83. The average molecular weight is 335 g/mol. The highest BCUT2D eigenvalue weighted by Crippen LogP contribution is 2.24. The molecule has 20 heavy (non-hydrogen) atoms. The first-order valence-electron chi connectivity index (χ1n) is 6.05. The van der Waals surface area contributed by atoms with Crippen LogP contribution in [-0.2, 0) is 0 Å². The minimum Gasteiger partial charge on any atom is -0.495 e. The van der Waals surface area contributed by atoms with Gasteiger partial charge >= 0.3 is 6.03 Å². The van der Waals surface area contributed by atoms with Gasteiger partial charge in [-0.3, -0.25) is 4.90 Å². The molecule has 0 unspecified atom stereocenters. The quantitative estimate of drug-likeness (QED) is 0.916. The third-order valence-corrected chi connectivity index (χ3v) is 3.34. The molecule has 2 aromatic rings. The van der Waals surface area contributed by atoms with E-state index in [-0.39, 0.29) is 6.03 Å². The lowest BCUT2D eigenvalue weighted by Gasteiger charge is -2.19. The molecule has 0 bridgehead atoms. The van der Waals surface area contributed by atoms with Crippen LogP contribution in [-0.4, -0.2) is 20.2 Å². The lowest BCUT2D eigenvalue weighted by molar-refractivity contribution is 0.258. The van der Waals surface area contributed by atoms with Crippen molar-refractivity contribution < 1.29 is 9.53 Å². The predicted octanol–water partition coefficient (Wildman–Crippen LogP) is 4.13. The Labute approximate surface area is 126 Å². The van der Waals surface area contributed by atoms with Crippen molar-refractivity contribution in [2.75, 3.05) is 24.4 Å². The van der Waals surface area contributed by atoms with Crippen LogP contribution in [0.5, 0.6) is 5.75 Å². The van der Waals surface area contributed by atoms with Crippen LogP contribution in [0.3, 0.4) is 0 Å². The Balaban J connectivity index is 2.15. The molecule has 0 aliphatic heterocycles. The van der Waals surface area contributed by atoms with Crippen molar-refractivity contribution in [3.8, 4) is 5.75 Å². The lowest BCUT2D eigenvalue weighted by Crippen LogP contribution is -2.31. The maximum absolute atomic E-state index is 12.2. The number of ether oxygens (including phenoxy) is 1. The normalized spacial score (nSPS) is 9.95. The standard InChI is InChI=1S/C15H15BrN2O2/c1-18(12-7-5-6-11(16)10-12)15(19)17-13-8-3-4-9-14(13)20-2/h3-10H,1-2H3,(H,17,19). The van der Waals surface area contributed by atoms with Gasteiger partial charge in [0.05, 0.1) is 12.8 Å². The Bertz CT molecular complexity index is 616. The Hall–Kier alpha value is -2.01. The van der Waals surface area contributed by atoms with Crippen LogP contribution in [0, 0.1) is 0 Å². The number of nitrogens with zero attached hydrogens (tertiary/aromatic N) is 1. The first-order chi connectivity index (χ1) is 9.61. The molecule has 0 aliphatic carbocycles. The van der Waals surface area contributed by atoms with Crippen molar-refractivity contribution in [3.05, 3.63) is 53.0 Å². The van der Waals surface area contributed by atoms with Gasteiger partial charge < -0.3 is 10.1 Å². The first-order valence-corrected chi connectivity index (χ1v) is 6.84. The third-order valence-electron chi connectivity index (χ3n) is 2.85. The van der Waals surface area contributed by atoms with Crippen LogP contribution >= 0.6 is 15.9 Å². The number of hydrogen-bond acceptors (Lipinski definition) is 2. The summed E-state index contributed by atoms with van der Waals surface area (Å²) in [4.78, 5) is 13.8. The number of anilines is 2. The van der Waals surface area contributed by atoms with Gasteiger partial charge in [-0.2, -0.15) is 0 Å². The fraction of sp³-hybridized carbons (Fsp3) is 0.133. The van der Waals surface area contributed by atoms with Crippen molar-refractivity contribution in [1.82, 2.24) is 0 Å². The minimum absolute atomic E-state index is 0.229. The highest BCUT2D eigenvalue weighted by Gasteiger charge is 2.13. The van der Waals surface area contributed by atoms with E-state index in [9.17, 15) is 4.79 Å². The summed E-state index contributed by atoms with van der Waals surface area (Å²) in [6.45, 7) is 0. The molecule has 104 valence electrons. The Morgan fingerprint density at radius 1 is 1.20 bits per heavy atom. The predicted molar refractivity (Wildman–Crippen MR) is 84.6 cm³/mol. The summed E-state index contributed by atoms with van der Waals surface area (Å²) in [6.07, 6.45) is 0. The van der Waals surface area contributed by atoms with Gasteiger partial charge in [0, 0.05) is 17.2 Å². The number of hydrogen-bond donors (Lipinski definition) is 1. The zero-order valence-corrected chi connectivity index (χ0v) is 12.8. The number of methoxy groups -OCH3 is 1. The van der Waals surface area contributed by atoms with Gasteiger partial charge in [-0.25, -0.2) is 4.79 Å². The fourth-order valence-corrected chi connectivity index (χ4v) is 2.14. The zero-order chi connectivity index (χ0) is 14.5. The number of urea groups is 1. The van der Waals surface area contributed by atoms with Crippen molar-refractivity contribution >= 4 is 33.3 Å². The van der Waals surface area contributed by atoms with Crippen molar-refractivity contribution in [2.24, 2.45) is 0 Å². The van der Waals surface area contributed by atoms with Gasteiger partial charge in [0.25, 0.3) is 0 Å². The Kier molecular flexibility index (Phi) is 4.63. The number of para-hydroxylation sites is 2. The summed E-state index contributed by atoms with van der Waals surface area (Å²) < 4.78 is 6.13. The van der Waals surface area contributed by atoms with Crippen LogP contribution in [0.1, 0.15) is 0 Å². The largest absolute Gasteiger partial charge is 0.495 e. The summed E-state index contributed by atoms with van der Waals surface area (Å²) in [5.41, 5.74) is 1.44. The zero-order valence-electron chi connectivity index (χ0n) is 11.3. The monoisotopic (exact) mass is 334 g/mol. The van der Waals surface area contributed by atoms with E-state index in [0.717, 1.165) is 10.2 Å². The number of nitrogens with one attached hydrogen (secondary N) is 1. The fourth-order valence-electron chi connectivity index (χ4n) is 1.75. The molecular formula is C15H15BrN2O2. The molecule has 0 saturated carbocycles. The van der Waals surface area contributed by atoms with Crippen LogP contribution in [0.4, 0.5) is 16.2 Å². The van der Waals surface area contributed by atoms with Crippen molar-refractivity contribution in [1.29, 1.82) is 0 Å². The van der Waals surface area contributed by atoms with E-state index in [1.807, 2.05) is 36.4 Å². The molecule has 0 heterocycles. The van der Waals surface area contributed by atoms with Gasteiger partial charge in [-0.1, -0.05) is 34.1 Å². The molecule has 0 atom stereocenters. The molecule has 5 heteroatoms. The number of halogens is 1. The first kappa shape index (κ1) is 14.4. The SMILES string of the molecule is COc1ccccc1NC(=O)N(C)c1cccc(Br)c1. The Morgan fingerprint density at radius 2 is 1.95 bits per heavy atom. The van der Waals surface area contributed by atoms with Gasteiger partial charge in [0.1, 0.15) is 5.75 Å². The lowest BCUT2D eigenvalue weighted by atomic mass is 10.3. The summed E-state index contributed by atoms with van der Waals surface area (Å²) in [5.74, 6) is 0.628. The number of carbonyl (C=O) groups excluding carboxylic acids is 1. The maximum atomic E-state index is 12.2. The molecule has 0 saturated heterocycles. The van der Waals surface area contributed by atoms with E-state index in [1.54, 1.807) is 26.3 Å². The van der Waals surface area contributed by atoms with Crippen LogP contribution in [0.25, 0.3) is 0 Å². The minimum atomic E-state index is -0.229. The topological polar surface area (TPSA) is 41.6 Å². The highest BCUT2D eigenvalue weighted by molar-refractivity contribution is 9.10. The summed E-state index contributed by atoms with van der Waals surface area (Å²) in [7, 11) is 3.29. The van der Waals surface area contributed by atoms with Gasteiger partial charge in [-0.05, 0) is 30.3 Å². The second-order valence-corrected chi connectivity index (χ2v) is 5.08. The van der Waals surface area contributed by atoms with E-state index < -0.39 is 0 Å². The van der Waals surface area contributed by atoms with E-state index in [0.29, 0.717) is 11.4 Å². The Morgan fingerprint density at radius 3 is 2.65 bits per heavy atom.